The second-order valence-corrected chi connectivity index (χ2v) is 4.57. The standard InChI is InChI=1S/C13H15F3N4/c1-20-7-6-18-12(20)5-3-10(17)11-4-2-9(8-19-11)13(14,15)16/h2,4,6-8,10H,3,5,17H2,1H3. The number of halogens is 3. The van der Waals surface area contributed by atoms with Crippen LogP contribution in [0, 0.1) is 0 Å². The first-order valence-electron chi connectivity index (χ1n) is 6.13. The lowest BCUT2D eigenvalue weighted by molar-refractivity contribution is -0.137. The van der Waals surface area contributed by atoms with Gasteiger partial charge in [0, 0.05) is 38.1 Å². The van der Waals surface area contributed by atoms with Gasteiger partial charge in [-0.2, -0.15) is 13.2 Å². The predicted molar refractivity (Wildman–Crippen MR) is 67.7 cm³/mol. The molecule has 0 spiro atoms. The molecule has 7 heteroatoms. The van der Waals surface area contributed by atoms with Gasteiger partial charge in [0.05, 0.1) is 11.3 Å². The summed E-state index contributed by atoms with van der Waals surface area (Å²) in [5, 5.41) is 0. The molecule has 0 saturated carbocycles. The Hall–Kier alpha value is -1.89. The summed E-state index contributed by atoms with van der Waals surface area (Å²) >= 11 is 0. The summed E-state index contributed by atoms with van der Waals surface area (Å²) in [6.07, 6.45) is 1.18. The minimum Gasteiger partial charge on any atom is -0.338 e. The number of rotatable bonds is 4. The molecule has 108 valence electrons. The maximum atomic E-state index is 12.4. The molecule has 2 heterocycles. The lowest BCUT2D eigenvalue weighted by Crippen LogP contribution is -2.15. The van der Waals surface area contributed by atoms with Crippen molar-refractivity contribution in [1.29, 1.82) is 0 Å². The van der Waals surface area contributed by atoms with Gasteiger partial charge in [0.2, 0.25) is 0 Å². The molecule has 0 aliphatic carbocycles. The van der Waals surface area contributed by atoms with Gasteiger partial charge in [-0.1, -0.05) is 0 Å². The molecule has 0 bridgehead atoms. The number of imidazole rings is 1. The van der Waals surface area contributed by atoms with E-state index in [0.717, 1.165) is 18.1 Å². The molecule has 20 heavy (non-hydrogen) atoms. The number of aryl methyl sites for hydroxylation is 2. The highest BCUT2D eigenvalue weighted by molar-refractivity contribution is 5.18. The van der Waals surface area contributed by atoms with Gasteiger partial charge in [0.1, 0.15) is 5.82 Å². The third kappa shape index (κ3) is 3.36. The monoisotopic (exact) mass is 284 g/mol. The Bertz CT molecular complexity index is 560. The lowest BCUT2D eigenvalue weighted by Gasteiger charge is -2.12. The Morgan fingerprint density at radius 3 is 2.55 bits per heavy atom. The lowest BCUT2D eigenvalue weighted by atomic mass is 10.1. The van der Waals surface area contributed by atoms with E-state index in [2.05, 4.69) is 9.97 Å². The van der Waals surface area contributed by atoms with Gasteiger partial charge < -0.3 is 10.3 Å². The van der Waals surface area contributed by atoms with Crippen molar-refractivity contribution < 1.29 is 13.2 Å². The summed E-state index contributed by atoms with van der Waals surface area (Å²) in [4.78, 5) is 7.96. The molecule has 0 aliphatic heterocycles. The Morgan fingerprint density at radius 2 is 2.05 bits per heavy atom. The fourth-order valence-electron chi connectivity index (χ4n) is 1.86. The van der Waals surface area contributed by atoms with E-state index in [4.69, 9.17) is 5.73 Å². The normalized spacial score (nSPS) is 13.4. The number of nitrogens with zero attached hydrogens (tertiary/aromatic N) is 3. The van der Waals surface area contributed by atoms with E-state index in [0.29, 0.717) is 18.5 Å². The summed E-state index contributed by atoms with van der Waals surface area (Å²) < 4.78 is 39.1. The van der Waals surface area contributed by atoms with Crippen LogP contribution in [-0.2, 0) is 19.6 Å². The molecular formula is C13H15F3N4. The SMILES string of the molecule is Cn1ccnc1CCC(N)c1ccc(C(F)(F)F)cn1. The highest BCUT2D eigenvalue weighted by Gasteiger charge is 2.30. The second-order valence-electron chi connectivity index (χ2n) is 4.57. The molecule has 0 fully saturated rings. The molecule has 0 amide bonds. The molecule has 2 rings (SSSR count). The van der Waals surface area contributed by atoms with Crippen molar-refractivity contribution in [3.05, 3.63) is 47.8 Å². The molecule has 0 radical (unpaired) electrons. The van der Waals surface area contributed by atoms with Crippen molar-refractivity contribution in [2.45, 2.75) is 25.1 Å². The number of alkyl halides is 3. The third-order valence-corrected chi connectivity index (χ3v) is 3.09. The van der Waals surface area contributed by atoms with Gasteiger partial charge >= 0.3 is 6.18 Å². The third-order valence-electron chi connectivity index (χ3n) is 3.09. The largest absolute Gasteiger partial charge is 0.417 e. The van der Waals surface area contributed by atoms with Gasteiger partial charge in [-0.15, -0.1) is 0 Å². The van der Waals surface area contributed by atoms with E-state index in [1.54, 1.807) is 6.20 Å². The van der Waals surface area contributed by atoms with Crippen LogP contribution in [0.25, 0.3) is 0 Å². The number of hydrogen-bond acceptors (Lipinski definition) is 3. The number of hydrogen-bond donors (Lipinski definition) is 1. The van der Waals surface area contributed by atoms with Gasteiger partial charge in [-0.3, -0.25) is 4.98 Å². The van der Waals surface area contributed by atoms with Gasteiger partial charge in [0.15, 0.2) is 0 Å². The van der Waals surface area contributed by atoms with Crippen molar-refractivity contribution in [3.8, 4) is 0 Å². The quantitative estimate of drug-likeness (QED) is 0.938. The van der Waals surface area contributed by atoms with Crippen molar-refractivity contribution in [2.75, 3.05) is 0 Å². The second kappa shape index (κ2) is 5.62. The minimum atomic E-state index is -4.37. The molecule has 1 atom stereocenters. The van der Waals surface area contributed by atoms with E-state index < -0.39 is 17.8 Å². The molecule has 4 nitrogen and oxygen atoms in total. The Balaban J connectivity index is 1.99. The summed E-state index contributed by atoms with van der Waals surface area (Å²) in [6.45, 7) is 0. The average molecular weight is 284 g/mol. The van der Waals surface area contributed by atoms with Crippen LogP contribution in [0.15, 0.2) is 30.7 Å². The highest BCUT2D eigenvalue weighted by Crippen LogP contribution is 2.29. The summed E-state index contributed by atoms with van der Waals surface area (Å²) in [6, 6.07) is 1.92. The minimum absolute atomic E-state index is 0.408. The van der Waals surface area contributed by atoms with Crippen LogP contribution in [0.4, 0.5) is 13.2 Å². The van der Waals surface area contributed by atoms with Crippen molar-refractivity contribution in [1.82, 2.24) is 14.5 Å². The first kappa shape index (κ1) is 14.5. The van der Waals surface area contributed by atoms with Crippen LogP contribution in [0.2, 0.25) is 0 Å². The van der Waals surface area contributed by atoms with Crippen molar-refractivity contribution in [3.63, 3.8) is 0 Å². The highest BCUT2D eigenvalue weighted by atomic mass is 19.4. The molecule has 0 saturated heterocycles. The van der Waals surface area contributed by atoms with Crippen LogP contribution >= 0.6 is 0 Å². The molecule has 0 aliphatic rings. The summed E-state index contributed by atoms with van der Waals surface area (Å²) in [5.74, 6) is 0.882. The molecule has 2 N–H and O–H groups in total. The van der Waals surface area contributed by atoms with Gasteiger partial charge in [-0.05, 0) is 18.6 Å². The zero-order valence-corrected chi connectivity index (χ0v) is 10.9. The first-order chi connectivity index (χ1) is 9.38. The molecule has 0 aromatic carbocycles. The number of aromatic nitrogens is 3. The van der Waals surface area contributed by atoms with Crippen LogP contribution in [0.3, 0.4) is 0 Å². The molecule has 2 aromatic rings. The van der Waals surface area contributed by atoms with E-state index in [9.17, 15) is 13.2 Å². The molecule has 2 aromatic heterocycles. The Kier molecular flexibility index (Phi) is 4.08. The zero-order valence-electron chi connectivity index (χ0n) is 10.9. The first-order valence-corrected chi connectivity index (χ1v) is 6.13. The van der Waals surface area contributed by atoms with Crippen LogP contribution < -0.4 is 5.73 Å². The van der Waals surface area contributed by atoms with E-state index in [-0.39, 0.29) is 0 Å². The fraction of sp³-hybridized carbons (Fsp3) is 0.385. The number of pyridine rings is 1. The smallest absolute Gasteiger partial charge is 0.338 e. The van der Waals surface area contributed by atoms with Crippen LogP contribution in [-0.4, -0.2) is 14.5 Å². The fourth-order valence-corrected chi connectivity index (χ4v) is 1.86. The van der Waals surface area contributed by atoms with Crippen LogP contribution in [0.5, 0.6) is 0 Å². The maximum absolute atomic E-state index is 12.4. The summed E-state index contributed by atoms with van der Waals surface area (Å²) in [7, 11) is 1.88. The number of nitrogens with two attached hydrogens (primary N) is 1. The van der Waals surface area contributed by atoms with Gasteiger partial charge in [0.25, 0.3) is 0 Å². The van der Waals surface area contributed by atoms with Crippen molar-refractivity contribution in [2.24, 2.45) is 12.8 Å². The van der Waals surface area contributed by atoms with E-state index >= 15 is 0 Å². The zero-order chi connectivity index (χ0) is 14.8. The topological polar surface area (TPSA) is 56.7 Å². The maximum Gasteiger partial charge on any atom is 0.417 e. The predicted octanol–water partition coefficient (Wildman–Crippen LogP) is 2.47. The Labute approximate surface area is 114 Å². The molecular weight excluding hydrogens is 269 g/mol. The van der Waals surface area contributed by atoms with Gasteiger partial charge in [-0.25, -0.2) is 4.98 Å². The Morgan fingerprint density at radius 1 is 1.30 bits per heavy atom. The summed E-state index contributed by atoms with van der Waals surface area (Å²) in [5.41, 5.74) is 5.62. The molecule has 1 unspecified atom stereocenters. The van der Waals surface area contributed by atoms with E-state index in [1.165, 1.54) is 6.07 Å². The van der Waals surface area contributed by atoms with E-state index in [1.807, 2.05) is 17.8 Å². The average Bonchev–Trinajstić information content (AvgIpc) is 2.81. The van der Waals surface area contributed by atoms with Crippen molar-refractivity contribution >= 4 is 0 Å². The van der Waals surface area contributed by atoms with Crippen LogP contribution in [0.1, 0.15) is 29.5 Å².